The number of amides is 2. The van der Waals surface area contributed by atoms with Crippen LogP contribution in [0.25, 0.3) is 10.9 Å². The van der Waals surface area contributed by atoms with Crippen LogP contribution in [0.5, 0.6) is 0 Å². The summed E-state index contributed by atoms with van der Waals surface area (Å²) in [6.07, 6.45) is 1.76. The van der Waals surface area contributed by atoms with Crippen LogP contribution < -0.4 is 10.6 Å². The zero-order chi connectivity index (χ0) is 26.2. The fraction of sp³-hybridized carbons (Fsp3) is 0.143. The van der Waals surface area contributed by atoms with E-state index in [1.165, 1.54) is 0 Å². The molecule has 0 spiro atoms. The molecule has 0 aliphatic carbocycles. The average Bonchev–Trinajstić information content (AvgIpc) is 3.34. The van der Waals surface area contributed by atoms with Crippen LogP contribution in [0.4, 0.5) is 0 Å². The van der Waals surface area contributed by atoms with Gasteiger partial charge >= 0.3 is 5.97 Å². The highest BCUT2D eigenvalue weighted by molar-refractivity contribution is 8.14. The molecule has 188 valence electrons. The van der Waals surface area contributed by atoms with E-state index in [-0.39, 0.29) is 17.3 Å². The number of rotatable bonds is 10. The number of thioether (sulfide) groups is 1. The van der Waals surface area contributed by atoms with Crippen molar-refractivity contribution in [2.45, 2.75) is 18.5 Å². The number of carboxylic acid groups (broad SMARTS) is 1. The predicted molar refractivity (Wildman–Crippen MR) is 142 cm³/mol. The summed E-state index contributed by atoms with van der Waals surface area (Å²) in [5.74, 6) is -2.47. The number of fused-ring (bicyclic) bond motifs is 1. The molecule has 2 amide bonds. The molecule has 0 bridgehead atoms. The topological polar surface area (TPSA) is 128 Å². The second-order valence-corrected chi connectivity index (χ2v) is 9.31. The van der Waals surface area contributed by atoms with Gasteiger partial charge < -0.3 is 20.7 Å². The van der Waals surface area contributed by atoms with Gasteiger partial charge in [-0.05, 0) is 23.8 Å². The van der Waals surface area contributed by atoms with E-state index in [4.69, 9.17) is 0 Å². The van der Waals surface area contributed by atoms with Crippen molar-refractivity contribution in [3.05, 3.63) is 108 Å². The summed E-state index contributed by atoms with van der Waals surface area (Å²) in [6.45, 7) is 0. The second kappa shape index (κ2) is 12.0. The lowest BCUT2D eigenvalue weighted by molar-refractivity contribution is -0.141. The number of H-pyrrole nitrogens is 1. The van der Waals surface area contributed by atoms with Gasteiger partial charge in [0.05, 0.1) is 0 Å². The fourth-order valence-corrected chi connectivity index (χ4v) is 4.68. The van der Waals surface area contributed by atoms with Crippen LogP contribution in [0.15, 0.2) is 91.1 Å². The SMILES string of the molecule is O=C(N[C@@H](CSC(=O)c1ccccc1)C(=O)NC(Cc1c[nH]c2ccccc12)C(=O)O)c1ccccc1. The maximum atomic E-state index is 13.2. The number of carbonyl (C=O) groups is 4. The Bertz CT molecular complexity index is 1410. The minimum absolute atomic E-state index is 0.0422. The molecule has 0 radical (unpaired) electrons. The van der Waals surface area contributed by atoms with Crippen molar-refractivity contribution < 1.29 is 24.3 Å². The Hall–Kier alpha value is -4.37. The maximum Gasteiger partial charge on any atom is 0.326 e. The molecule has 37 heavy (non-hydrogen) atoms. The third-order valence-corrected chi connectivity index (χ3v) is 6.76. The van der Waals surface area contributed by atoms with Gasteiger partial charge in [0.15, 0.2) is 0 Å². The van der Waals surface area contributed by atoms with Crippen LogP contribution in [-0.4, -0.2) is 50.8 Å². The van der Waals surface area contributed by atoms with Crippen LogP contribution in [0.3, 0.4) is 0 Å². The number of benzene rings is 3. The molecular formula is C28H25N3O5S. The summed E-state index contributed by atoms with van der Waals surface area (Å²) in [7, 11) is 0. The highest BCUT2D eigenvalue weighted by atomic mass is 32.2. The van der Waals surface area contributed by atoms with Crippen LogP contribution in [0.1, 0.15) is 26.3 Å². The van der Waals surface area contributed by atoms with Crippen molar-refractivity contribution in [3.63, 3.8) is 0 Å². The maximum absolute atomic E-state index is 13.2. The summed E-state index contributed by atoms with van der Waals surface area (Å²) >= 11 is 0.879. The van der Waals surface area contributed by atoms with Crippen molar-refractivity contribution in [1.82, 2.24) is 15.6 Å². The lowest BCUT2D eigenvalue weighted by Crippen LogP contribution is -2.53. The van der Waals surface area contributed by atoms with Crippen LogP contribution in [-0.2, 0) is 16.0 Å². The van der Waals surface area contributed by atoms with Gasteiger partial charge in [0.25, 0.3) is 5.91 Å². The number of carboxylic acids is 1. The monoisotopic (exact) mass is 515 g/mol. The van der Waals surface area contributed by atoms with Crippen LogP contribution >= 0.6 is 11.8 Å². The summed E-state index contributed by atoms with van der Waals surface area (Å²) < 4.78 is 0. The lowest BCUT2D eigenvalue weighted by Gasteiger charge is -2.21. The molecule has 1 heterocycles. The average molecular weight is 516 g/mol. The van der Waals surface area contributed by atoms with E-state index in [9.17, 15) is 24.3 Å². The third kappa shape index (κ3) is 6.65. The summed E-state index contributed by atoms with van der Waals surface area (Å²) in [5.41, 5.74) is 2.40. The molecule has 3 aromatic carbocycles. The smallest absolute Gasteiger partial charge is 0.326 e. The van der Waals surface area contributed by atoms with Crippen molar-refractivity contribution in [3.8, 4) is 0 Å². The summed E-state index contributed by atoms with van der Waals surface area (Å²) in [4.78, 5) is 53.8. The number of carbonyl (C=O) groups excluding carboxylic acids is 3. The van der Waals surface area contributed by atoms with E-state index in [0.717, 1.165) is 28.2 Å². The van der Waals surface area contributed by atoms with Crippen molar-refractivity contribution in [1.29, 1.82) is 0 Å². The lowest BCUT2D eigenvalue weighted by atomic mass is 10.0. The van der Waals surface area contributed by atoms with Crippen molar-refractivity contribution >= 4 is 45.6 Å². The first-order valence-corrected chi connectivity index (χ1v) is 12.6. The molecule has 0 aliphatic heterocycles. The second-order valence-electron chi connectivity index (χ2n) is 8.32. The normalized spacial score (nSPS) is 12.4. The first kappa shape index (κ1) is 25.7. The number of aromatic nitrogens is 1. The zero-order valence-corrected chi connectivity index (χ0v) is 20.5. The number of para-hydroxylation sites is 1. The van der Waals surface area contributed by atoms with Gasteiger partial charge in [0.2, 0.25) is 11.0 Å². The van der Waals surface area contributed by atoms with E-state index < -0.39 is 29.9 Å². The van der Waals surface area contributed by atoms with Gasteiger partial charge in [-0.1, -0.05) is 78.5 Å². The van der Waals surface area contributed by atoms with Gasteiger partial charge in [-0.25, -0.2) is 4.79 Å². The van der Waals surface area contributed by atoms with E-state index >= 15 is 0 Å². The van der Waals surface area contributed by atoms with Crippen LogP contribution in [0, 0.1) is 0 Å². The first-order chi connectivity index (χ1) is 17.9. The molecule has 1 aromatic heterocycles. The van der Waals surface area contributed by atoms with Gasteiger partial charge in [-0.2, -0.15) is 0 Å². The Morgan fingerprint density at radius 1 is 0.784 bits per heavy atom. The van der Waals surface area contributed by atoms with E-state index in [1.54, 1.807) is 66.9 Å². The van der Waals surface area contributed by atoms with Crippen molar-refractivity contribution in [2.24, 2.45) is 0 Å². The highest BCUT2D eigenvalue weighted by Gasteiger charge is 2.28. The molecule has 9 heteroatoms. The molecule has 0 fully saturated rings. The number of aliphatic carboxylic acids is 1. The first-order valence-electron chi connectivity index (χ1n) is 11.6. The fourth-order valence-electron chi connectivity index (χ4n) is 3.82. The molecule has 4 N–H and O–H groups in total. The number of aromatic amines is 1. The zero-order valence-electron chi connectivity index (χ0n) is 19.7. The highest BCUT2D eigenvalue weighted by Crippen LogP contribution is 2.19. The van der Waals surface area contributed by atoms with E-state index in [1.807, 2.05) is 24.3 Å². The minimum Gasteiger partial charge on any atom is -0.480 e. The standard InChI is InChI=1S/C28H25N3O5S/c32-25(18-9-3-1-4-10-18)31-24(17-37-28(36)19-11-5-2-6-12-19)26(33)30-23(27(34)35)15-20-16-29-22-14-8-7-13-21(20)22/h1-14,16,23-24,29H,15,17H2,(H,30,33)(H,31,32)(H,34,35)/t23?,24-/m0/s1. The molecule has 0 saturated heterocycles. The number of nitrogens with one attached hydrogen (secondary N) is 3. The van der Waals surface area contributed by atoms with Gasteiger partial charge in [-0.3, -0.25) is 14.4 Å². The molecule has 2 atom stereocenters. The molecule has 8 nitrogen and oxygen atoms in total. The van der Waals surface area contributed by atoms with Gasteiger partial charge in [0.1, 0.15) is 12.1 Å². The van der Waals surface area contributed by atoms with E-state index in [2.05, 4.69) is 15.6 Å². The Balaban J connectivity index is 1.50. The molecule has 1 unspecified atom stereocenters. The molecular weight excluding hydrogens is 490 g/mol. The Morgan fingerprint density at radius 3 is 2.08 bits per heavy atom. The number of hydrogen-bond donors (Lipinski definition) is 4. The number of hydrogen-bond acceptors (Lipinski definition) is 5. The molecule has 0 aliphatic rings. The molecule has 0 saturated carbocycles. The van der Waals surface area contributed by atoms with E-state index in [0.29, 0.717) is 11.1 Å². The molecule has 4 rings (SSSR count). The Labute approximate surface area is 217 Å². The third-order valence-electron chi connectivity index (χ3n) is 5.76. The van der Waals surface area contributed by atoms with Crippen molar-refractivity contribution in [2.75, 3.05) is 5.75 Å². The van der Waals surface area contributed by atoms with Crippen LogP contribution in [0.2, 0.25) is 0 Å². The molecule has 4 aromatic rings. The summed E-state index contributed by atoms with van der Waals surface area (Å²) in [5, 5.41) is 15.6. The predicted octanol–water partition coefficient (Wildman–Crippen LogP) is 3.65. The summed E-state index contributed by atoms with van der Waals surface area (Å²) in [6, 6.07) is 22.0. The van der Waals surface area contributed by atoms with Gasteiger partial charge in [-0.15, -0.1) is 0 Å². The Morgan fingerprint density at radius 2 is 1.41 bits per heavy atom. The largest absolute Gasteiger partial charge is 0.480 e. The minimum atomic E-state index is -1.24. The Kier molecular flexibility index (Phi) is 8.37. The quantitative estimate of drug-likeness (QED) is 0.255. The van der Waals surface area contributed by atoms with Gasteiger partial charge in [0, 0.05) is 40.4 Å².